The molecule has 1 aliphatic heterocycles. The molecule has 6 heteroatoms. The second kappa shape index (κ2) is 3.87. The van der Waals surface area contributed by atoms with Crippen LogP contribution in [-0.2, 0) is 4.79 Å². The highest BCUT2D eigenvalue weighted by atomic mass is 19.3. The van der Waals surface area contributed by atoms with Crippen LogP contribution in [0.2, 0.25) is 0 Å². The molecule has 0 aliphatic carbocycles. The number of Topliss-reactive ketones (excluding diaryl/α,β-unsaturated/α-hetero) is 1. The van der Waals surface area contributed by atoms with Crippen LogP contribution in [0.4, 0.5) is 18.9 Å². The monoisotopic (exact) mass is 243 g/mol. The molecule has 1 heterocycles. The molecule has 3 nitrogen and oxygen atoms in total. The minimum absolute atomic E-state index is 0.0849. The highest BCUT2D eigenvalue weighted by Crippen LogP contribution is 2.33. The van der Waals surface area contributed by atoms with Crippen LogP contribution in [0.3, 0.4) is 0 Å². The third-order valence-electron chi connectivity index (χ3n) is 2.54. The lowest BCUT2D eigenvalue weighted by atomic mass is 10.1. The van der Waals surface area contributed by atoms with Crippen molar-refractivity contribution in [3.8, 4) is 0 Å². The first-order valence-corrected chi connectivity index (χ1v) is 4.86. The van der Waals surface area contributed by atoms with Gasteiger partial charge in [-0.1, -0.05) is 0 Å². The van der Waals surface area contributed by atoms with E-state index < -0.39 is 30.5 Å². The van der Waals surface area contributed by atoms with Gasteiger partial charge in [-0.2, -0.15) is 0 Å². The Morgan fingerprint density at radius 1 is 1.29 bits per heavy atom. The Hall–Kier alpha value is -1.85. The first kappa shape index (κ1) is 11.6. The molecule has 2 rings (SSSR count). The molecule has 1 aromatic carbocycles. The molecule has 0 bridgehead atoms. The number of alkyl halides is 2. The minimum atomic E-state index is -2.75. The first-order chi connectivity index (χ1) is 7.91. The van der Waals surface area contributed by atoms with Gasteiger partial charge in [0.1, 0.15) is 5.82 Å². The van der Waals surface area contributed by atoms with Crippen molar-refractivity contribution in [2.45, 2.75) is 13.3 Å². The first-order valence-electron chi connectivity index (χ1n) is 4.86. The van der Waals surface area contributed by atoms with Crippen LogP contribution in [0.1, 0.15) is 15.9 Å². The number of amides is 1. The van der Waals surface area contributed by atoms with E-state index in [9.17, 15) is 22.8 Å². The van der Waals surface area contributed by atoms with E-state index in [2.05, 4.69) is 0 Å². The number of halogens is 3. The SMILES string of the molecule is Cc1cc(F)cc2c1N(CC(F)F)C(=O)C2=O. The fraction of sp³-hybridized carbons (Fsp3) is 0.273. The molecule has 0 unspecified atom stereocenters. The van der Waals surface area contributed by atoms with E-state index in [1.165, 1.54) is 6.92 Å². The molecule has 17 heavy (non-hydrogen) atoms. The third-order valence-corrected chi connectivity index (χ3v) is 2.54. The number of hydrogen-bond donors (Lipinski definition) is 0. The lowest BCUT2D eigenvalue weighted by Gasteiger charge is -2.17. The van der Waals surface area contributed by atoms with Crippen molar-refractivity contribution in [1.82, 2.24) is 0 Å². The summed E-state index contributed by atoms with van der Waals surface area (Å²) in [5.74, 6) is -2.64. The van der Waals surface area contributed by atoms with Crippen molar-refractivity contribution in [3.05, 3.63) is 29.1 Å². The second-order valence-corrected chi connectivity index (χ2v) is 3.75. The third kappa shape index (κ3) is 1.79. The summed E-state index contributed by atoms with van der Waals surface area (Å²) >= 11 is 0. The van der Waals surface area contributed by atoms with Gasteiger partial charge < -0.3 is 0 Å². The second-order valence-electron chi connectivity index (χ2n) is 3.75. The van der Waals surface area contributed by atoms with Gasteiger partial charge in [0.2, 0.25) is 0 Å². The van der Waals surface area contributed by atoms with E-state index in [1.54, 1.807) is 0 Å². The molecule has 0 atom stereocenters. The van der Waals surface area contributed by atoms with Crippen molar-refractivity contribution in [3.63, 3.8) is 0 Å². The van der Waals surface area contributed by atoms with Gasteiger partial charge in [-0.3, -0.25) is 14.5 Å². The number of nitrogens with zero attached hydrogens (tertiary/aromatic N) is 1. The largest absolute Gasteiger partial charge is 0.299 e. The summed E-state index contributed by atoms with van der Waals surface area (Å²) in [6.07, 6.45) is -2.75. The molecule has 1 aliphatic rings. The zero-order valence-electron chi connectivity index (χ0n) is 8.84. The maximum Gasteiger partial charge on any atom is 0.299 e. The number of carbonyl (C=O) groups is 2. The smallest absolute Gasteiger partial charge is 0.299 e. The molecular weight excluding hydrogens is 235 g/mol. The highest BCUT2D eigenvalue weighted by molar-refractivity contribution is 6.52. The number of rotatable bonds is 2. The Labute approximate surface area is 94.8 Å². The number of fused-ring (bicyclic) bond motifs is 1. The minimum Gasteiger partial charge on any atom is -0.299 e. The van der Waals surface area contributed by atoms with Gasteiger partial charge >= 0.3 is 0 Å². The average Bonchev–Trinajstić information content (AvgIpc) is 2.43. The number of benzene rings is 1. The maximum atomic E-state index is 13.1. The Kier molecular flexibility index (Phi) is 2.65. The van der Waals surface area contributed by atoms with Crippen LogP contribution in [0.15, 0.2) is 12.1 Å². The predicted octanol–water partition coefficient (Wildman–Crippen LogP) is 1.93. The summed E-state index contributed by atoms with van der Waals surface area (Å²) in [7, 11) is 0. The van der Waals surface area contributed by atoms with Crippen LogP contribution in [0.5, 0.6) is 0 Å². The van der Waals surface area contributed by atoms with Crippen molar-refractivity contribution < 1.29 is 22.8 Å². The zero-order chi connectivity index (χ0) is 12.7. The summed E-state index contributed by atoms with van der Waals surface area (Å²) in [4.78, 5) is 23.7. The van der Waals surface area contributed by atoms with Gasteiger partial charge in [0.05, 0.1) is 17.8 Å². The van der Waals surface area contributed by atoms with Crippen molar-refractivity contribution in [2.75, 3.05) is 11.4 Å². The van der Waals surface area contributed by atoms with Crippen molar-refractivity contribution >= 4 is 17.4 Å². The van der Waals surface area contributed by atoms with Gasteiger partial charge in [0.15, 0.2) is 0 Å². The Bertz CT molecular complexity index is 514. The molecule has 0 saturated heterocycles. The van der Waals surface area contributed by atoms with E-state index in [0.717, 1.165) is 12.1 Å². The van der Waals surface area contributed by atoms with E-state index in [1.807, 2.05) is 0 Å². The normalized spacial score (nSPS) is 14.8. The Morgan fingerprint density at radius 3 is 2.53 bits per heavy atom. The lowest BCUT2D eigenvalue weighted by molar-refractivity contribution is -0.114. The number of anilines is 1. The molecule has 90 valence electrons. The number of ketones is 1. The Morgan fingerprint density at radius 2 is 1.94 bits per heavy atom. The molecule has 0 N–H and O–H groups in total. The lowest BCUT2D eigenvalue weighted by Crippen LogP contribution is -2.34. The molecule has 1 amide bonds. The molecule has 0 saturated carbocycles. The van der Waals surface area contributed by atoms with E-state index in [-0.39, 0.29) is 11.3 Å². The predicted molar refractivity (Wildman–Crippen MR) is 53.8 cm³/mol. The van der Waals surface area contributed by atoms with Crippen molar-refractivity contribution in [2.24, 2.45) is 0 Å². The van der Waals surface area contributed by atoms with Gasteiger partial charge in [-0.15, -0.1) is 0 Å². The summed E-state index contributed by atoms with van der Waals surface area (Å²) in [5.41, 5.74) is 0.231. The van der Waals surface area contributed by atoms with Gasteiger partial charge in [-0.25, -0.2) is 13.2 Å². The van der Waals surface area contributed by atoms with E-state index in [4.69, 9.17) is 0 Å². The van der Waals surface area contributed by atoms with Crippen LogP contribution in [0.25, 0.3) is 0 Å². The van der Waals surface area contributed by atoms with Gasteiger partial charge in [0, 0.05) is 0 Å². The molecule has 0 aromatic heterocycles. The van der Waals surface area contributed by atoms with Gasteiger partial charge in [0.25, 0.3) is 18.1 Å². The van der Waals surface area contributed by atoms with Crippen LogP contribution in [-0.4, -0.2) is 24.7 Å². The molecular formula is C11H8F3NO2. The highest BCUT2D eigenvalue weighted by Gasteiger charge is 2.38. The van der Waals surface area contributed by atoms with Gasteiger partial charge in [-0.05, 0) is 24.6 Å². The fourth-order valence-corrected chi connectivity index (χ4v) is 1.92. The standard InChI is InChI=1S/C11H8F3NO2/c1-5-2-6(12)3-7-9(5)15(4-8(13)14)11(17)10(7)16/h2-3,8H,4H2,1H3. The summed E-state index contributed by atoms with van der Waals surface area (Å²) in [5, 5.41) is 0. The molecule has 0 spiro atoms. The maximum absolute atomic E-state index is 13.1. The van der Waals surface area contributed by atoms with Crippen molar-refractivity contribution in [1.29, 1.82) is 0 Å². The summed E-state index contributed by atoms with van der Waals surface area (Å²) in [6.45, 7) is 0.607. The molecule has 0 fully saturated rings. The summed E-state index contributed by atoms with van der Waals surface area (Å²) in [6, 6.07) is 2.00. The number of hydrogen-bond acceptors (Lipinski definition) is 2. The van der Waals surface area contributed by atoms with E-state index in [0.29, 0.717) is 10.5 Å². The molecule has 1 aromatic rings. The Balaban J connectivity index is 2.56. The number of carbonyl (C=O) groups excluding carboxylic acids is 2. The number of aryl methyl sites for hydroxylation is 1. The summed E-state index contributed by atoms with van der Waals surface area (Å²) < 4.78 is 37.7. The quantitative estimate of drug-likeness (QED) is 0.744. The van der Waals surface area contributed by atoms with Crippen LogP contribution in [0, 0.1) is 12.7 Å². The fourth-order valence-electron chi connectivity index (χ4n) is 1.92. The molecule has 0 radical (unpaired) electrons. The average molecular weight is 243 g/mol. The van der Waals surface area contributed by atoms with Crippen LogP contribution < -0.4 is 4.90 Å². The van der Waals surface area contributed by atoms with Crippen LogP contribution >= 0.6 is 0 Å². The topological polar surface area (TPSA) is 37.4 Å². The van der Waals surface area contributed by atoms with E-state index >= 15 is 0 Å². The zero-order valence-corrected chi connectivity index (χ0v) is 8.84.